The van der Waals surface area contributed by atoms with E-state index in [4.69, 9.17) is 9.47 Å². The highest BCUT2D eigenvalue weighted by Crippen LogP contribution is 2.20. The van der Waals surface area contributed by atoms with Crippen LogP contribution in [0.15, 0.2) is 72.9 Å². The number of aromatic nitrogens is 1. The third-order valence-corrected chi connectivity index (χ3v) is 4.32. The van der Waals surface area contributed by atoms with Gasteiger partial charge in [-0.15, -0.1) is 0 Å². The fourth-order valence-electron chi connectivity index (χ4n) is 2.75. The molecule has 4 nitrogen and oxygen atoms in total. The molecule has 1 heterocycles. The highest BCUT2D eigenvalue weighted by molar-refractivity contribution is 5.34. The molecular weight excluding hydrogens is 336 g/mol. The van der Waals surface area contributed by atoms with Crippen LogP contribution >= 0.6 is 0 Å². The van der Waals surface area contributed by atoms with Gasteiger partial charge in [0.05, 0.1) is 6.61 Å². The zero-order valence-corrected chi connectivity index (χ0v) is 15.7. The minimum Gasteiger partial charge on any atom is -0.489 e. The molecule has 0 atom stereocenters. The lowest BCUT2D eigenvalue weighted by Crippen LogP contribution is -2.17. The predicted molar refractivity (Wildman–Crippen MR) is 108 cm³/mol. The summed E-state index contributed by atoms with van der Waals surface area (Å²) < 4.78 is 11.7. The summed E-state index contributed by atoms with van der Waals surface area (Å²) in [7, 11) is 0. The summed E-state index contributed by atoms with van der Waals surface area (Å²) in [5, 5.41) is 3.46. The van der Waals surface area contributed by atoms with Gasteiger partial charge in [-0.1, -0.05) is 48.5 Å². The Balaban J connectivity index is 1.42. The molecule has 3 rings (SSSR count). The van der Waals surface area contributed by atoms with Crippen molar-refractivity contribution in [1.29, 1.82) is 0 Å². The Labute approximate surface area is 161 Å². The van der Waals surface area contributed by atoms with Crippen molar-refractivity contribution in [2.24, 2.45) is 0 Å². The molecule has 3 aromatic rings. The molecule has 0 aliphatic heterocycles. The lowest BCUT2D eigenvalue weighted by atomic mass is 10.1. The first-order chi connectivity index (χ1) is 13.3. The fraction of sp³-hybridized carbons (Fsp3) is 0.261. The molecule has 0 bridgehead atoms. The third kappa shape index (κ3) is 6.12. The Bertz CT molecular complexity index is 821. The van der Waals surface area contributed by atoms with E-state index >= 15 is 0 Å². The maximum Gasteiger partial charge on any atom is 0.213 e. The van der Waals surface area contributed by atoms with Crippen molar-refractivity contribution in [1.82, 2.24) is 10.3 Å². The van der Waals surface area contributed by atoms with Gasteiger partial charge in [-0.25, -0.2) is 4.98 Å². The number of rotatable bonds is 10. The number of ether oxygens (including phenoxy) is 2. The number of nitrogens with one attached hydrogen (secondary N) is 1. The van der Waals surface area contributed by atoms with Gasteiger partial charge in [-0.3, -0.25) is 0 Å². The molecule has 0 aliphatic carbocycles. The monoisotopic (exact) mass is 362 g/mol. The van der Waals surface area contributed by atoms with Crippen molar-refractivity contribution in [2.75, 3.05) is 13.2 Å². The Morgan fingerprint density at radius 3 is 2.44 bits per heavy atom. The lowest BCUT2D eigenvalue weighted by molar-refractivity contribution is 0.294. The van der Waals surface area contributed by atoms with Crippen LogP contribution in [-0.4, -0.2) is 18.1 Å². The zero-order valence-electron chi connectivity index (χ0n) is 15.7. The first-order valence-corrected chi connectivity index (χ1v) is 9.32. The van der Waals surface area contributed by atoms with Crippen molar-refractivity contribution in [3.8, 4) is 11.6 Å². The summed E-state index contributed by atoms with van der Waals surface area (Å²) in [5.74, 6) is 1.60. The second-order valence-electron chi connectivity index (χ2n) is 6.37. The number of pyridine rings is 1. The maximum atomic E-state index is 6.07. The molecule has 140 valence electrons. The summed E-state index contributed by atoms with van der Waals surface area (Å²) in [5.41, 5.74) is 3.63. The molecule has 0 aliphatic rings. The van der Waals surface area contributed by atoms with Crippen LogP contribution in [0.3, 0.4) is 0 Å². The van der Waals surface area contributed by atoms with Gasteiger partial charge in [-0.05, 0) is 43.1 Å². The van der Waals surface area contributed by atoms with Crippen LogP contribution in [0.4, 0.5) is 0 Å². The van der Waals surface area contributed by atoms with Crippen LogP contribution < -0.4 is 14.8 Å². The van der Waals surface area contributed by atoms with E-state index in [1.807, 2.05) is 48.5 Å². The minimum atomic E-state index is 0.585. The molecule has 1 N–H and O–H groups in total. The summed E-state index contributed by atoms with van der Waals surface area (Å²) >= 11 is 0. The standard InChI is InChI=1S/C23H26N2O2/c1-19-9-2-3-11-21(19)18-27-22-12-5-4-10-20(22)17-24-14-8-16-26-23-13-6-7-15-25-23/h2-7,9-13,15,24H,8,14,16-18H2,1H3. The minimum absolute atomic E-state index is 0.585. The van der Waals surface area contributed by atoms with E-state index in [9.17, 15) is 0 Å². The lowest BCUT2D eigenvalue weighted by Gasteiger charge is -2.13. The van der Waals surface area contributed by atoms with Gasteiger partial charge in [0.15, 0.2) is 0 Å². The second-order valence-corrected chi connectivity index (χ2v) is 6.37. The van der Waals surface area contributed by atoms with E-state index in [-0.39, 0.29) is 0 Å². The number of benzene rings is 2. The van der Waals surface area contributed by atoms with Crippen LogP contribution in [0.1, 0.15) is 23.1 Å². The summed E-state index contributed by atoms with van der Waals surface area (Å²) in [6.07, 6.45) is 2.66. The largest absolute Gasteiger partial charge is 0.489 e. The number of para-hydroxylation sites is 1. The van der Waals surface area contributed by atoms with Crippen LogP contribution in [0.5, 0.6) is 11.6 Å². The number of hydrogen-bond acceptors (Lipinski definition) is 4. The summed E-state index contributed by atoms with van der Waals surface area (Å²) in [6.45, 7) is 4.99. The highest BCUT2D eigenvalue weighted by atomic mass is 16.5. The normalized spacial score (nSPS) is 10.6. The topological polar surface area (TPSA) is 43.4 Å². The molecule has 4 heteroatoms. The van der Waals surface area contributed by atoms with Gasteiger partial charge < -0.3 is 14.8 Å². The van der Waals surface area contributed by atoms with Crippen LogP contribution in [0, 0.1) is 6.92 Å². The SMILES string of the molecule is Cc1ccccc1COc1ccccc1CNCCCOc1ccccn1. The third-order valence-electron chi connectivity index (χ3n) is 4.32. The van der Waals surface area contributed by atoms with Crippen molar-refractivity contribution in [3.05, 3.63) is 89.6 Å². The quantitative estimate of drug-likeness (QED) is 0.538. The molecule has 0 radical (unpaired) electrons. The molecule has 0 amide bonds. The van der Waals surface area contributed by atoms with Gasteiger partial charge >= 0.3 is 0 Å². The molecule has 0 saturated heterocycles. The van der Waals surface area contributed by atoms with Gasteiger partial charge in [0, 0.05) is 24.4 Å². The van der Waals surface area contributed by atoms with E-state index in [1.54, 1.807) is 6.20 Å². The summed E-state index contributed by atoms with van der Waals surface area (Å²) in [4.78, 5) is 4.15. The first kappa shape index (κ1) is 18.9. The number of hydrogen-bond donors (Lipinski definition) is 1. The van der Waals surface area contributed by atoms with Crippen molar-refractivity contribution in [2.45, 2.75) is 26.5 Å². The number of nitrogens with zero attached hydrogens (tertiary/aromatic N) is 1. The average molecular weight is 362 g/mol. The maximum absolute atomic E-state index is 6.07. The van der Waals surface area contributed by atoms with E-state index in [2.05, 4.69) is 35.4 Å². The Hall–Kier alpha value is -2.85. The fourth-order valence-corrected chi connectivity index (χ4v) is 2.75. The van der Waals surface area contributed by atoms with Gasteiger partial charge in [0.25, 0.3) is 0 Å². The molecule has 27 heavy (non-hydrogen) atoms. The molecule has 0 unspecified atom stereocenters. The summed E-state index contributed by atoms with van der Waals surface area (Å²) in [6, 6.07) is 22.2. The Morgan fingerprint density at radius 2 is 1.63 bits per heavy atom. The van der Waals surface area contributed by atoms with Crippen LogP contribution in [-0.2, 0) is 13.2 Å². The average Bonchev–Trinajstić information content (AvgIpc) is 2.71. The van der Waals surface area contributed by atoms with Crippen molar-refractivity contribution >= 4 is 0 Å². The van der Waals surface area contributed by atoms with E-state index in [0.29, 0.717) is 19.1 Å². The Kier molecular flexibility index (Phi) is 7.25. The van der Waals surface area contributed by atoms with Crippen LogP contribution in [0.25, 0.3) is 0 Å². The van der Waals surface area contributed by atoms with Crippen LogP contribution in [0.2, 0.25) is 0 Å². The molecule has 0 spiro atoms. The smallest absolute Gasteiger partial charge is 0.213 e. The van der Waals surface area contributed by atoms with E-state index in [0.717, 1.165) is 30.8 Å². The van der Waals surface area contributed by atoms with Crippen molar-refractivity contribution in [3.63, 3.8) is 0 Å². The first-order valence-electron chi connectivity index (χ1n) is 9.32. The zero-order chi connectivity index (χ0) is 18.7. The second kappa shape index (κ2) is 10.3. The number of aryl methyl sites for hydroxylation is 1. The Morgan fingerprint density at radius 1 is 0.852 bits per heavy atom. The van der Waals surface area contributed by atoms with E-state index in [1.165, 1.54) is 11.1 Å². The molecule has 2 aromatic carbocycles. The molecule has 0 fully saturated rings. The molecule has 1 aromatic heterocycles. The molecule has 0 saturated carbocycles. The highest BCUT2D eigenvalue weighted by Gasteiger charge is 2.04. The van der Waals surface area contributed by atoms with E-state index < -0.39 is 0 Å². The predicted octanol–water partition coefficient (Wildman–Crippen LogP) is 4.53. The van der Waals surface area contributed by atoms with Gasteiger partial charge in [0.1, 0.15) is 12.4 Å². The van der Waals surface area contributed by atoms with Gasteiger partial charge in [-0.2, -0.15) is 0 Å². The molecular formula is C23H26N2O2. The van der Waals surface area contributed by atoms with Crippen molar-refractivity contribution < 1.29 is 9.47 Å². The van der Waals surface area contributed by atoms with Gasteiger partial charge in [0.2, 0.25) is 5.88 Å².